The van der Waals surface area contributed by atoms with E-state index in [9.17, 15) is 4.79 Å². The fraction of sp³-hybridized carbons (Fsp3) is 0.143. The number of anilines is 1. The number of benzene rings is 1. The van der Waals surface area contributed by atoms with Crippen LogP contribution in [0.2, 0.25) is 5.02 Å². The largest absolute Gasteiger partial charge is 0.311 e. The van der Waals surface area contributed by atoms with Gasteiger partial charge in [0.2, 0.25) is 5.91 Å². The van der Waals surface area contributed by atoms with Crippen LogP contribution >= 0.6 is 27.5 Å². The number of aromatic nitrogens is 1. The second-order valence-electron chi connectivity index (χ2n) is 4.03. The molecule has 0 aliphatic rings. The van der Waals surface area contributed by atoms with Gasteiger partial charge in [0.15, 0.2) is 0 Å². The first-order valence-corrected chi connectivity index (χ1v) is 6.96. The third-order valence-electron chi connectivity index (χ3n) is 2.54. The topological polar surface area (TPSA) is 42.0 Å². The molecule has 1 aromatic heterocycles. The summed E-state index contributed by atoms with van der Waals surface area (Å²) in [4.78, 5) is 15.8. The minimum Gasteiger partial charge on any atom is -0.311 e. The van der Waals surface area contributed by atoms with Crippen LogP contribution in [0.3, 0.4) is 0 Å². The molecule has 2 aromatic rings. The molecule has 2 rings (SSSR count). The molecule has 0 saturated heterocycles. The van der Waals surface area contributed by atoms with Crippen molar-refractivity contribution in [3.63, 3.8) is 0 Å². The number of hydrogen-bond acceptors (Lipinski definition) is 2. The van der Waals surface area contributed by atoms with Crippen molar-refractivity contribution in [2.24, 2.45) is 0 Å². The minimum atomic E-state index is -0.0550. The Kier molecular flexibility index (Phi) is 4.93. The van der Waals surface area contributed by atoms with Gasteiger partial charge in [-0.2, -0.15) is 0 Å². The first-order valence-electron chi connectivity index (χ1n) is 5.79. The Labute approximate surface area is 125 Å². The number of carbonyl (C=O) groups excluding carboxylic acids is 1. The van der Waals surface area contributed by atoms with Crippen LogP contribution in [0.4, 0.5) is 5.82 Å². The van der Waals surface area contributed by atoms with Crippen LogP contribution in [-0.2, 0) is 11.2 Å². The van der Waals surface area contributed by atoms with Gasteiger partial charge in [-0.05, 0) is 36.2 Å². The summed E-state index contributed by atoms with van der Waals surface area (Å²) in [6.07, 6.45) is 2.73. The monoisotopic (exact) mass is 338 g/mol. The molecule has 0 unspecified atom stereocenters. The fourth-order valence-corrected chi connectivity index (χ4v) is 2.05. The van der Waals surface area contributed by atoms with Crippen LogP contribution in [0, 0.1) is 0 Å². The summed E-state index contributed by atoms with van der Waals surface area (Å²) in [5, 5.41) is 3.46. The lowest BCUT2D eigenvalue weighted by atomic mass is 10.1. The molecule has 98 valence electrons. The normalized spacial score (nSPS) is 10.2. The zero-order valence-electron chi connectivity index (χ0n) is 10.1. The van der Waals surface area contributed by atoms with E-state index in [1.807, 2.05) is 30.3 Å². The molecule has 0 radical (unpaired) electrons. The molecule has 0 bridgehead atoms. The Morgan fingerprint density at radius 3 is 2.68 bits per heavy atom. The molecule has 19 heavy (non-hydrogen) atoms. The number of nitrogens with one attached hydrogen (secondary N) is 1. The SMILES string of the molecule is O=C(CCc1ccc(Cl)cc1)Nc1cc(Br)ccn1. The Balaban J connectivity index is 1.86. The van der Waals surface area contributed by atoms with E-state index in [1.165, 1.54) is 0 Å². The quantitative estimate of drug-likeness (QED) is 0.912. The molecule has 0 aliphatic heterocycles. The van der Waals surface area contributed by atoms with Gasteiger partial charge in [0.05, 0.1) is 0 Å². The molecule has 1 amide bonds. The van der Waals surface area contributed by atoms with Crippen molar-refractivity contribution in [3.05, 3.63) is 57.7 Å². The highest BCUT2D eigenvalue weighted by atomic mass is 79.9. The molecule has 0 fully saturated rings. The van der Waals surface area contributed by atoms with Crippen LogP contribution in [0.1, 0.15) is 12.0 Å². The maximum atomic E-state index is 11.8. The van der Waals surface area contributed by atoms with Crippen LogP contribution < -0.4 is 5.32 Å². The molecule has 0 saturated carbocycles. The van der Waals surface area contributed by atoms with Crippen molar-refractivity contribution in [2.45, 2.75) is 12.8 Å². The third-order valence-corrected chi connectivity index (χ3v) is 3.29. The van der Waals surface area contributed by atoms with E-state index in [1.54, 1.807) is 12.3 Å². The summed E-state index contributed by atoms with van der Waals surface area (Å²) in [5.41, 5.74) is 1.08. The maximum absolute atomic E-state index is 11.8. The Morgan fingerprint density at radius 2 is 2.00 bits per heavy atom. The molecular formula is C14H12BrClN2O. The van der Waals surface area contributed by atoms with E-state index in [2.05, 4.69) is 26.2 Å². The van der Waals surface area contributed by atoms with Gasteiger partial charge in [0.1, 0.15) is 5.82 Å². The molecule has 5 heteroatoms. The van der Waals surface area contributed by atoms with E-state index in [4.69, 9.17) is 11.6 Å². The summed E-state index contributed by atoms with van der Waals surface area (Å²) < 4.78 is 0.885. The smallest absolute Gasteiger partial charge is 0.225 e. The highest BCUT2D eigenvalue weighted by Gasteiger charge is 2.04. The molecule has 0 spiro atoms. The summed E-state index contributed by atoms with van der Waals surface area (Å²) in [6, 6.07) is 11.1. The van der Waals surface area contributed by atoms with Crippen LogP contribution in [0.5, 0.6) is 0 Å². The van der Waals surface area contributed by atoms with Gasteiger partial charge in [-0.25, -0.2) is 4.98 Å². The van der Waals surface area contributed by atoms with Crippen molar-refractivity contribution in [2.75, 3.05) is 5.32 Å². The minimum absolute atomic E-state index is 0.0550. The number of amides is 1. The lowest BCUT2D eigenvalue weighted by Gasteiger charge is -2.05. The summed E-state index contributed by atoms with van der Waals surface area (Å²) in [5.74, 6) is 0.496. The van der Waals surface area contributed by atoms with E-state index < -0.39 is 0 Å². The van der Waals surface area contributed by atoms with Crippen LogP contribution in [0.25, 0.3) is 0 Å². The molecular weight excluding hydrogens is 328 g/mol. The second-order valence-corrected chi connectivity index (χ2v) is 5.39. The van der Waals surface area contributed by atoms with Crippen LogP contribution in [0.15, 0.2) is 47.1 Å². The lowest BCUT2D eigenvalue weighted by Crippen LogP contribution is -2.13. The van der Waals surface area contributed by atoms with Gasteiger partial charge in [0, 0.05) is 22.1 Å². The molecule has 1 heterocycles. The lowest BCUT2D eigenvalue weighted by molar-refractivity contribution is -0.116. The van der Waals surface area contributed by atoms with E-state index in [0.717, 1.165) is 10.0 Å². The van der Waals surface area contributed by atoms with Gasteiger partial charge in [-0.3, -0.25) is 4.79 Å². The molecule has 3 nitrogen and oxygen atoms in total. The maximum Gasteiger partial charge on any atom is 0.225 e. The van der Waals surface area contributed by atoms with Gasteiger partial charge in [-0.1, -0.05) is 39.7 Å². The molecule has 0 atom stereocenters. The number of hydrogen-bond donors (Lipinski definition) is 1. The van der Waals surface area contributed by atoms with Gasteiger partial charge >= 0.3 is 0 Å². The first kappa shape index (κ1) is 14.0. The molecule has 1 aromatic carbocycles. The third kappa shape index (κ3) is 4.65. The van der Waals surface area contributed by atoms with Crippen molar-refractivity contribution in [1.29, 1.82) is 0 Å². The van der Waals surface area contributed by atoms with E-state index in [-0.39, 0.29) is 5.91 Å². The van der Waals surface area contributed by atoms with Crippen molar-refractivity contribution < 1.29 is 4.79 Å². The zero-order valence-corrected chi connectivity index (χ0v) is 12.4. The summed E-state index contributed by atoms with van der Waals surface area (Å²) in [6.45, 7) is 0. The highest BCUT2D eigenvalue weighted by molar-refractivity contribution is 9.10. The van der Waals surface area contributed by atoms with Gasteiger partial charge < -0.3 is 5.32 Å². The summed E-state index contributed by atoms with van der Waals surface area (Å²) >= 11 is 9.14. The molecule has 1 N–H and O–H groups in total. The van der Waals surface area contributed by atoms with E-state index >= 15 is 0 Å². The standard InChI is InChI=1S/C14H12BrClN2O/c15-11-7-8-17-13(9-11)18-14(19)6-3-10-1-4-12(16)5-2-10/h1-2,4-5,7-9H,3,6H2,(H,17,18,19). The van der Waals surface area contributed by atoms with Crippen LogP contribution in [-0.4, -0.2) is 10.9 Å². The fourth-order valence-electron chi connectivity index (χ4n) is 1.59. The average molecular weight is 340 g/mol. The average Bonchev–Trinajstić information content (AvgIpc) is 2.38. The number of nitrogens with zero attached hydrogens (tertiary/aromatic N) is 1. The van der Waals surface area contributed by atoms with Crippen molar-refractivity contribution in [1.82, 2.24) is 4.98 Å². The highest BCUT2D eigenvalue weighted by Crippen LogP contribution is 2.14. The molecule has 0 aliphatic carbocycles. The Hall–Kier alpha value is -1.39. The van der Waals surface area contributed by atoms with Crippen molar-refractivity contribution >= 4 is 39.3 Å². The number of pyridine rings is 1. The predicted molar refractivity (Wildman–Crippen MR) is 80.3 cm³/mol. The van der Waals surface area contributed by atoms with Gasteiger partial charge in [-0.15, -0.1) is 0 Å². The Bertz CT molecular complexity index is 572. The predicted octanol–water partition coefficient (Wildman–Crippen LogP) is 4.07. The van der Waals surface area contributed by atoms with Crippen molar-refractivity contribution in [3.8, 4) is 0 Å². The number of carbonyl (C=O) groups is 1. The first-order chi connectivity index (χ1) is 9.13. The van der Waals surface area contributed by atoms with E-state index in [0.29, 0.717) is 23.7 Å². The number of rotatable bonds is 4. The second kappa shape index (κ2) is 6.68. The van der Waals surface area contributed by atoms with Gasteiger partial charge in [0.25, 0.3) is 0 Å². The number of aryl methyl sites for hydroxylation is 1. The Morgan fingerprint density at radius 1 is 1.26 bits per heavy atom. The zero-order chi connectivity index (χ0) is 13.7. The number of halogens is 2. The summed E-state index contributed by atoms with van der Waals surface area (Å²) in [7, 11) is 0.